The van der Waals surface area contributed by atoms with Gasteiger partial charge in [-0.05, 0) is 33.2 Å². The van der Waals surface area contributed by atoms with E-state index in [1.807, 2.05) is 6.92 Å². The molecule has 0 saturated heterocycles. The highest BCUT2D eigenvalue weighted by Crippen LogP contribution is 2.03. The first kappa shape index (κ1) is 12.9. The number of hydrogen-bond donors (Lipinski definition) is 1. The average molecular weight is 187 g/mol. The van der Waals surface area contributed by atoms with Gasteiger partial charge in [-0.25, -0.2) is 0 Å². The van der Waals surface area contributed by atoms with E-state index in [1.54, 1.807) is 0 Å². The summed E-state index contributed by atoms with van der Waals surface area (Å²) in [6.07, 6.45) is 5.13. The van der Waals surface area contributed by atoms with Crippen molar-refractivity contribution < 1.29 is 4.74 Å². The Bertz CT molecular complexity index is 96.1. The smallest absolute Gasteiger partial charge is 0.0465 e. The minimum Gasteiger partial charge on any atom is -0.382 e. The average Bonchev–Trinajstić information content (AvgIpc) is 2.11. The molecule has 0 aromatic rings. The molecule has 0 aromatic heterocycles. The van der Waals surface area contributed by atoms with Crippen LogP contribution in [0.2, 0.25) is 0 Å². The van der Waals surface area contributed by atoms with Crippen LogP contribution in [0.15, 0.2) is 0 Å². The van der Waals surface area contributed by atoms with E-state index in [9.17, 15) is 0 Å². The summed E-state index contributed by atoms with van der Waals surface area (Å²) in [7, 11) is 0. The predicted molar refractivity (Wildman–Crippen MR) is 58.1 cm³/mol. The molecule has 0 aromatic carbocycles. The Morgan fingerprint density at radius 3 is 2.54 bits per heavy atom. The third kappa shape index (κ3) is 9.84. The van der Waals surface area contributed by atoms with Crippen LogP contribution in [0.4, 0.5) is 0 Å². The molecule has 0 saturated carbocycles. The van der Waals surface area contributed by atoms with Crippen molar-refractivity contribution in [1.82, 2.24) is 5.32 Å². The molecule has 0 aliphatic carbocycles. The first-order valence-corrected chi connectivity index (χ1v) is 5.62. The van der Waals surface area contributed by atoms with E-state index in [-0.39, 0.29) is 0 Å². The van der Waals surface area contributed by atoms with Gasteiger partial charge in [0.2, 0.25) is 0 Å². The van der Waals surface area contributed by atoms with Crippen LogP contribution in [-0.2, 0) is 4.74 Å². The van der Waals surface area contributed by atoms with Crippen LogP contribution < -0.4 is 5.32 Å². The third-order valence-corrected chi connectivity index (χ3v) is 2.18. The van der Waals surface area contributed by atoms with E-state index >= 15 is 0 Å². The summed E-state index contributed by atoms with van der Waals surface area (Å²) in [6, 6.07) is 0.678. The van der Waals surface area contributed by atoms with Crippen LogP contribution in [0, 0.1) is 0 Å². The quantitative estimate of drug-likeness (QED) is 0.560. The summed E-state index contributed by atoms with van der Waals surface area (Å²) in [6.45, 7) is 9.34. The number of unbranched alkanes of at least 4 members (excludes halogenated alkanes) is 2. The molecule has 0 rings (SSSR count). The number of rotatable bonds is 9. The SMILES string of the molecule is CCNC(C)CCCCCOCC. The van der Waals surface area contributed by atoms with Crippen LogP contribution in [0.5, 0.6) is 0 Å². The normalized spacial score (nSPS) is 13.2. The molecule has 1 unspecified atom stereocenters. The fourth-order valence-electron chi connectivity index (χ4n) is 1.43. The lowest BCUT2D eigenvalue weighted by molar-refractivity contribution is 0.142. The van der Waals surface area contributed by atoms with E-state index in [0.717, 1.165) is 19.8 Å². The molecule has 0 amide bonds. The number of ether oxygens (including phenoxy) is 1. The second-order valence-corrected chi connectivity index (χ2v) is 3.50. The van der Waals surface area contributed by atoms with Gasteiger partial charge in [0.15, 0.2) is 0 Å². The second-order valence-electron chi connectivity index (χ2n) is 3.50. The van der Waals surface area contributed by atoms with Crippen molar-refractivity contribution in [2.75, 3.05) is 19.8 Å². The summed E-state index contributed by atoms with van der Waals surface area (Å²) in [5.74, 6) is 0. The zero-order chi connectivity index (χ0) is 9.94. The van der Waals surface area contributed by atoms with Crippen molar-refractivity contribution in [3.8, 4) is 0 Å². The van der Waals surface area contributed by atoms with Crippen molar-refractivity contribution in [3.05, 3.63) is 0 Å². The van der Waals surface area contributed by atoms with Gasteiger partial charge in [0.1, 0.15) is 0 Å². The second kappa shape index (κ2) is 10.0. The Kier molecular flexibility index (Phi) is 9.94. The summed E-state index contributed by atoms with van der Waals surface area (Å²) >= 11 is 0. The Morgan fingerprint density at radius 1 is 1.15 bits per heavy atom. The first-order valence-electron chi connectivity index (χ1n) is 5.62. The van der Waals surface area contributed by atoms with Crippen LogP contribution in [0.3, 0.4) is 0 Å². The van der Waals surface area contributed by atoms with Gasteiger partial charge in [-0.3, -0.25) is 0 Å². The Balaban J connectivity index is 2.97. The monoisotopic (exact) mass is 187 g/mol. The molecular formula is C11H25NO. The lowest BCUT2D eigenvalue weighted by atomic mass is 10.1. The van der Waals surface area contributed by atoms with Gasteiger partial charge in [0.25, 0.3) is 0 Å². The number of hydrogen-bond acceptors (Lipinski definition) is 2. The molecule has 1 N–H and O–H groups in total. The van der Waals surface area contributed by atoms with Gasteiger partial charge >= 0.3 is 0 Å². The van der Waals surface area contributed by atoms with Crippen molar-refractivity contribution in [2.24, 2.45) is 0 Å². The van der Waals surface area contributed by atoms with Crippen LogP contribution in [0.25, 0.3) is 0 Å². The molecule has 0 heterocycles. The van der Waals surface area contributed by atoms with Gasteiger partial charge in [0.05, 0.1) is 0 Å². The minimum absolute atomic E-state index is 0.678. The van der Waals surface area contributed by atoms with E-state index < -0.39 is 0 Å². The third-order valence-electron chi connectivity index (χ3n) is 2.18. The van der Waals surface area contributed by atoms with Gasteiger partial charge in [-0.15, -0.1) is 0 Å². The predicted octanol–water partition coefficient (Wildman–Crippen LogP) is 2.58. The highest BCUT2D eigenvalue weighted by Gasteiger charge is 1.98. The highest BCUT2D eigenvalue weighted by atomic mass is 16.5. The fourth-order valence-corrected chi connectivity index (χ4v) is 1.43. The highest BCUT2D eigenvalue weighted by molar-refractivity contribution is 4.58. The Morgan fingerprint density at radius 2 is 1.92 bits per heavy atom. The summed E-state index contributed by atoms with van der Waals surface area (Å²) in [5.41, 5.74) is 0. The molecular weight excluding hydrogens is 162 g/mol. The van der Waals surface area contributed by atoms with Crippen molar-refractivity contribution in [2.45, 2.75) is 52.5 Å². The molecule has 0 bridgehead atoms. The maximum absolute atomic E-state index is 5.27. The number of nitrogens with one attached hydrogen (secondary N) is 1. The maximum Gasteiger partial charge on any atom is 0.0465 e. The standard InChI is InChI=1S/C11H25NO/c1-4-12-11(3)9-7-6-8-10-13-5-2/h11-12H,4-10H2,1-3H3. The van der Waals surface area contributed by atoms with Gasteiger partial charge < -0.3 is 10.1 Å². The molecule has 0 aliphatic heterocycles. The molecule has 2 nitrogen and oxygen atoms in total. The lowest BCUT2D eigenvalue weighted by Gasteiger charge is -2.11. The summed E-state index contributed by atoms with van der Waals surface area (Å²) in [5, 5.41) is 3.42. The van der Waals surface area contributed by atoms with Crippen molar-refractivity contribution in [1.29, 1.82) is 0 Å². The topological polar surface area (TPSA) is 21.3 Å². The molecule has 0 fully saturated rings. The van der Waals surface area contributed by atoms with Crippen LogP contribution in [0.1, 0.15) is 46.5 Å². The molecule has 0 spiro atoms. The van der Waals surface area contributed by atoms with Crippen molar-refractivity contribution >= 4 is 0 Å². The fraction of sp³-hybridized carbons (Fsp3) is 1.00. The zero-order valence-corrected chi connectivity index (χ0v) is 9.44. The zero-order valence-electron chi connectivity index (χ0n) is 9.44. The van der Waals surface area contributed by atoms with E-state index in [0.29, 0.717) is 6.04 Å². The van der Waals surface area contributed by atoms with Crippen LogP contribution in [-0.4, -0.2) is 25.8 Å². The van der Waals surface area contributed by atoms with Gasteiger partial charge in [-0.1, -0.05) is 19.8 Å². The molecule has 0 aliphatic rings. The van der Waals surface area contributed by atoms with E-state index in [4.69, 9.17) is 4.74 Å². The molecule has 1 atom stereocenters. The summed E-state index contributed by atoms with van der Waals surface area (Å²) < 4.78 is 5.27. The summed E-state index contributed by atoms with van der Waals surface area (Å²) in [4.78, 5) is 0. The minimum atomic E-state index is 0.678. The van der Waals surface area contributed by atoms with Gasteiger partial charge in [0, 0.05) is 19.3 Å². The molecule has 13 heavy (non-hydrogen) atoms. The molecule has 0 radical (unpaired) electrons. The first-order chi connectivity index (χ1) is 6.31. The van der Waals surface area contributed by atoms with Crippen molar-refractivity contribution in [3.63, 3.8) is 0 Å². The Hall–Kier alpha value is -0.0800. The van der Waals surface area contributed by atoms with E-state index in [1.165, 1.54) is 25.7 Å². The van der Waals surface area contributed by atoms with Crippen LogP contribution >= 0.6 is 0 Å². The van der Waals surface area contributed by atoms with Gasteiger partial charge in [-0.2, -0.15) is 0 Å². The maximum atomic E-state index is 5.27. The van der Waals surface area contributed by atoms with E-state index in [2.05, 4.69) is 19.2 Å². The Labute approximate surface area is 83.1 Å². The largest absolute Gasteiger partial charge is 0.382 e. The molecule has 2 heteroatoms. The lowest BCUT2D eigenvalue weighted by Crippen LogP contribution is -2.25. The molecule has 80 valence electrons.